The monoisotopic (exact) mass is 644 g/mol. The minimum atomic E-state index is -4.75. The third-order valence-corrected chi connectivity index (χ3v) is 7.96. The summed E-state index contributed by atoms with van der Waals surface area (Å²) in [7, 11) is -4.75. The molecule has 0 spiro atoms. The van der Waals surface area contributed by atoms with E-state index in [2.05, 4.69) is 42.7 Å². The summed E-state index contributed by atoms with van der Waals surface area (Å²) >= 11 is 0. The lowest BCUT2D eigenvalue weighted by molar-refractivity contribution is -0.161. The average Bonchev–Trinajstić information content (AvgIpc) is 2.98. The van der Waals surface area contributed by atoms with Crippen molar-refractivity contribution in [2.75, 3.05) is 13.2 Å². The van der Waals surface area contributed by atoms with E-state index in [9.17, 15) is 14.2 Å². The molecule has 0 aliphatic heterocycles. The molecule has 0 aliphatic rings. The summed E-state index contributed by atoms with van der Waals surface area (Å²) in [5.41, 5.74) is 0. The second kappa shape index (κ2) is 31.5. The predicted octanol–water partition coefficient (Wildman–Crippen LogP) is 10.1. The van der Waals surface area contributed by atoms with Crippen LogP contribution in [0.2, 0.25) is 0 Å². The van der Waals surface area contributed by atoms with Crippen LogP contribution in [0.1, 0.15) is 168 Å². The van der Waals surface area contributed by atoms with Gasteiger partial charge in [0.1, 0.15) is 6.61 Å². The summed E-state index contributed by atoms with van der Waals surface area (Å²) in [6, 6.07) is 0. The van der Waals surface area contributed by atoms with Gasteiger partial charge in [0.2, 0.25) is 0 Å². The summed E-state index contributed by atoms with van der Waals surface area (Å²) < 4.78 is 26.2. The summed E-state index contributed by atoms with van der Waals surface area (Å²) in [6.45, 7) is 3.61. The van der Waals surface area contributed by atoms with E-state index < -0.39 is 32.5 Å². The average molecular weight is 645 g/mol. The molecule has 0 bridgehead atoms. The van der Waals surface area contributed by atoms with E-state index in [4.69, 9.17) is 19.3 Å². The lowest BCUT2D eigenvalue weighted by atomic mass is 10.0. The van der Waals surface area contributed by atoms with Crippen LogP contribution < -0.4 is 0 Å². The number of allylic oxidation sites excluding steroid dienone is 4. The highest BCUT2D eigenvalue weighted by atomic mass is 31.2. The number of phosphoric ester groups is 1. The molecule has 9 heteroatoms. The van der Waals surface area contributed by atoms with Gasteiger partial charge in [0.05, 0.1) is 6.61 Å². The third kappa shape index (κ3) is 33.4. The van der Waals surface area contributed by atoms with Crippen molar-refractivity contribution in [1.29, 1.82) is 0 Å². The Hall–Kier alpha value is -1.47. The van der Waals surface area contributed by atoms with Gasteiger partial charge in [-0.15, -0.1) is 0 Å². The Morgan fingerprint density at radius 1 is 0.591 bits per heavy atom. The highest BCUT2D eigenvalue weighted by Crippen LogP contribution is 2.36. The molecule has 258 valence electrons. The van der Waals surface area contributed by atoms with Gasteiger partial charge in [0.15, 0.2) is 6.10 Å². The van der Waals surface area contributed by atoms with Crippen LogP contribution in [0.5, 0.6) is 0 Å². The first kappa shape index (κ1) is 42.5. The van der Waals surface area contributed by atoms with Crippen LogP contribution in [0.4, 0.5) is 0 Å². The molecule has 0 aromatic carbocycles. The molecule has 0 aromatic rings. The molecule has 44 heavy (non-hydrogen) atoms. The number of carbonyl (C=O) groups excluding carboxylic acids is 2. The molecule has 1 unspecified atom stereocenters. The zero-order valence-electron chi connectivity index (χ0n) is 28.1. The van der Waals surface area contributed by atoms with Gasteiger partial charge in [-0.25, -0.2) is 4.57 Å². The molecule has 1 atom stereocenters. The van der Waals surface area contributed by atoms with Crippen LogP contribution in [-0.4, -0.2) is 41.0 Å². The van der Waals surface area contributed by atoms with Gasteiger partial charge >= 0.3 is 19.8 Å². The van der Waals surface area contributed by atoms with Gasteiger partial charge in [-0.2, -0.15) is 0 Å². The Labute approximate surface area is 269 Å². The van der Waals surface area contributed by atoms with Crippen LogP contribution in [-0.2, 0) is 28.2 Å². The first-order valence-electron chi connectivity index (χ1n) is 17.6. The van der Waals surface area contributed by atoms with E-state index in [0.29, 0.717) is 6.42 Å². The maximum absolute atomic E-state index is 12.3. The molecule has 0 amide bonds. The minimum absolute atomic E-state index is 0.198. The smallest absolute Gasteiger partial charge is 0.462 e. The molecule has 0 aromatic heterocycles. The Kier molecular flexibility index (Phi) is 30.5. The molecule has 2 N–H and O–H groups in total. The van der Waals surface area contributed by atoms with Crippen molar-refractivity contribution >= 4 is 19.8 Å². The second-order valence-electron chi connectivity index (χ2n) is 11.8. The van der Waals surface area contributed by atoms with Gasteiger partial charge in [0, 0.05) is 12.8 Å². The van der Waals surface area contributed by atoms with Gasteiger partial charge in [0.25, 0.3) is 0 Å². The highest BCUT2D eigenvalue weighted by Gasteiger charge is 2.22. The number of rotatable bonds is 32. The Balaban J connectivity index is 4.02. The van der Waals surface area contributed by atoms with Crippen molar-refractivity contribution in [3.63, 3.8) is 0 Å². The van der Waals surface area contributed by atoms with Crippen molar-refractivity contribution < 1.29 is 37.9 Å². The van der Waals surface area contributed by atoms with Crippen molar-refractivity contribution in [1.82, 2.24) is 0 Å². The van der Waals surface area contributed by atoms with E-state index in [1.54, 1.807) is 0 Å². The van der Waals surface area contributed by atoms with Crippen LogP contribution in [0.15, 0.2) is 24.3 Å². The Morgan fingerprint density at radius 2 is 1.05 bits per heavy atom. The number of hydrogen-bond acceptors (Lipinski definition) is 6. The maximum Gasteiger partial charge on any atom is 0.469 e. The number of esters is 2. The standard InChI is InChI=1S/C35H65O8P/c1-3-5-7-9-11-13-15-17-18-20-22-24-26-28-30-35(37)43-33(32-42-44(38,39)40)31-41-34(36)29-27-25-23-21-19-16-14-12-10-8-6-4-2/h9,11,15,17,33H,3-8,10,12-14,16,18-32H2,1-2H3,(H2,38,39,40)/b11-9-,17-15-. The van der Waals surface area contributed by atoms with Crippen molar-refractivity contribution in [3.05, 3.63) is 24.3 Å². The largest absolute Gasteiger partial charge is 0.469 e. The number of unbranched alkanes of at least 4 members (excludes halogenated alkanes) is 18. The van der Waals surface area contributed by atoms with Crippen LogP contribution in [0.25, 0.3) is 0 Å². The summed E-state index contributed by atoms with van der Waals surface area (Å²) in [5.74, 6) is -0.899. The first-order chi connectivity index (χ1) is 21.3. The molecule has 0 saturated heterocycles. The summed E-state index contributed by atoms with van der Waals surface area (Å²) in [6.07, 6.45) is 33.2. The summed E-state index contributed by atoms with van der Waals surface area (Å²) in [4.78, 5) is 42.6. The number of hydrogen-bond donors (Lipinski definition) is 2. The molecule has 8 nitrogen and oxygen atoms in total. The zero-order valence-corrected chi connectivity index (χ0v) is 29.0. The minimum Gasteiger partial charge on any atom is -0.462 e. The van der Waals surface area contributed by atoms with E-state index in [1.165, 1.54) is 70.6 Å². The number of ether oxygens (including phenoxy) is 2. The Bertz CT molecular complexity index is 777. The van der Waals surface area contributed by atoms with Gasteiger partial charge in [-0.1, -0.05) is 141 Å². The fourth-order valence-corrected chi connectivity index (χ4v) is 5.16. The maximum atomic E-state index is 12.3. The Morgan fingerprint density at radius 3 is 1.57 bits per heavy atom. The van der Waals surface area contributed by atoms with Crippen molar-refractivity contribution in [3.8, 4) is 0 Å². The first-order valence-corrected chi connectivity index (χ1v) is 19.2. The fourth-order valence-electron chi connectivity index (χ4n) is 4.80. The van der Waals surface area contributed by atoms with E-state index in [0.717, 1.165) is 64.2 Å². The van der Waals surface area contributed by atoms with Gasteiger partial charge < -0.3 is 19.3 Å². The topological polar surface area (TPSA) is 119 Å². The molecular weight excluding hydrogens is 579 g/mol. The van der Waals surface area contributed by atoms with Gasteiger partial charge in [-0.3, -0.25) is 14.1 Å². The highest BCUT2D eigenvalue weighted by molar-refractivity contribution is 7.46. The van der Waals surface area contributed by atoms with E-state index in [1.807, 2.05) is 0 Å². The summed E-state index contributed by atoms with van der Waals surface area (Å²) in [5, 5.41) is 0. The normalized spacial score (nSPS) is 12.7. The van der Waals surface area contributed by atoms with Crippen LogP contribution in [0.3, 0.4) is 0 Å². The number of phosphoric acid groups is 1. The lowest BCUT2D eigenvalue weighted by Gasteiger charge is -2.18. The third-order valence-electron chi connectivity index (χ3n) is 7.47. The molecule has 0 aliphatic carbocycles. The molecule has 0 rings (SSSR count). The molecule has 0 saturated carbocycles. The van der Waals surface area contributed by atoms with E-state index in [-0.39, 0.29) is 19.4 Å². The van der Waals surface area contributed by atoms with Gasteiger partial charge in [-0.05, 0) is 38.5 Å². The fraction of sp³-hybridized carbons (Fsp3) is 0.829. The molecule has 0 fully saturated rings. The SMILES string of the molecule is CCCC/C=C\C/C=C\CCCCCCCC(=O)OC(COC(=O)CCCCCCCCCCCCCC)COP(=O)(O)O. The van der Waals surface area contributed by atoms with Crippen molar-refractivity contribution in [2.24, 2.45) is 0 Å². The number of carbonyl (C=O) groups is 2. The second-order valence-corrected chi connectivity index (χ2v) is 13.1. The predicted molar refractivity (Wildman–Crippen MR) is 179 cm³/mol. The molecular formula is C35H65O8P. The molecule has 0 heterocycles. The van der Waals surface area contributed by atoms with E-state index >= 15 is 0 Å². The van der Waals surface area contributed by atoms with Crippen molar-refractivity contribution in [2.45, 2.75) is 174 Å². The van der Waals surface area contributed by atoms with Crippen LogP contribution in [0, 0.1) is 0 Å². The van der Waals surface area contributed by atoms with Crippen LogP contribution >= 0.6 is 7.82 Å². The zero-order chi connectivity index (χ0) is 32.6. The lowest BCUT2D eigenvalue weighted by Crippen LogP contribution is -2.29. The quantitative estimate of drug-likeness (QED) is 0.0321. The molecule has 0 radical (unpaired) electrons.